The number of hydrogen-bond donors (Lipinski definition) is 1. The number of amides is 1. The van der Waals surface area contributed by atoms with Gasteiger partial charge in [0, 0.05) is 24.2 Å². The van der Waals surface area contributed by atoms with Gasteiger partial charge in [-0.25, -0.2) is 9.97 Å². The van der Waals surface area contributed by atoms with Gasteiger partial charge in [0.15, 0.2) is 0 Å². The fourth-order valence-corrected chi connectivity index (χ4v) is 5.47. The quantitative estimate of drug-likeness (QED) is 0.237. The number of carboxylic acids is 1. The smallest absolute Gasteiger partial charge is 0.416 e. The van der Waals surface area contributed by atoms with E-state index in [4.69, 9.17) is 9.97 Å². The molecule has 6 nitrogen and oxygen atoms in total. The van der Waals surface area contributed by atoms with Gasteiger partial charge >= 0.3 is 12.1 Å². The van der Waals surface area contributed by atoms with Crippen LogP contribution < -0.4 is 0 Å². The van der Waals surface area contributed by atoms with Gasteiger partial charge in [-0.1, -0.05) is 49.4 Å². The van der Waals surface area contributed by atoms with Crippen LogP contribution in [0.15, 0.2) is 72.8 Å². The topological polar surface area (TPSA) is 83.4 Å². The Morgan fingerprint density at radius 2 is 1.64 bits per heavy atom. The summed E-state index contributed by atoms with van der Waals surface area (Å²) in [6, 6.07) is 20.3. The number of nitrogens with zero attached hydrogens (tertiary/aromatic N) is 3. The molecule has 1 N–H and O–H groups in total. The molecule has 42 heavy (non-hydrogen) atoms. The van der Waals surface area contributed by atoms with Crippen molar-refractivity contribution in [2.24, 2.45) is 5.92 Å². The number of piperidine rings is 1. The first kappa shape index (κ1) is 29.2. The molecule has 5 rings (SSSR count). The number of alkyl halides is 3. The fraction of sp³-hybridized carbons (Fsp3) is 0.333. The molecule has 3 aromatic carbocycles. The Balaban J connectivity index is 1.40. The molecule has 0 spiro atoms. The lowest BCUT2D eigenvalue weighted by Crippen LogP contribution is -2.37. The Kier molecular flexibility index (Phi) is 8.56. The number of carbonyl (C=O) groups excluding carboxylic acids is 1. The number of likely N-dealkylation sites (tertiary alicyclic amines) is 1. The van der Waals surface area contributed by atoms with Crippen LogP contribution in [-0.2, 0) is 17.4 Å². The number of aliphatic carboxylic acids is 1. The molecule has 1 atom stereocenters. The molecule has 0 bridgehead atoms. The van der Waals surface area contributed by atoms with E-state index in [0.717, 1.165) is 25.0 Å². The third kappa shape index (κ3) is 6.61. The SMILES string of the molecule is CC(CCCc1nc2cc(C(=O)N3CCC(c4ccccc4)CC3)ccc2nc1-c1ccc(C(F)(F)F)cc1)C(=O)O. The molecule has 0 radical (unpaired) electrons. The summed E-state index contributed by atoms with van der Waals surface area (Å²) in [5.74, 6) is -1.08. The number of aryl methyl sites for hydroxylation is 1. The Morgan fingerprint density at radius 3 is 2.29 bits per heavy atom. The van der Waals surface area contributed by atoms with Crippen LogP contribution >= 0.6 is 0 Å². The third-order valence-electron chi connectivity index (χ3n) is 7.99. The van der Waals surface area contributed by atoms with E-state index in [0.29, 0.717) is 71.8 Å². The Hall–Kier alpha value is -4.27. The summed E-state index contributed by atoms with van der Waals surface area (Å²) in [5.41, 5.74) is 3.55. The predicted octanol–water partition coefficient (Wildman–Crippen LogP) is 7.38. The summed E-state index contributed by atoms with van der Waals surface area (Å²) in [7, 11) is 0. The zero-order chi connectivity index (χ0) is 29.9. The van der Waals surface area contributed by atoms with Crippen LogP contribution in [-0.4, -0.2) is 44.9 Å². The van der Waals surface area contributed by atoms with E-state index in [2.05, 4.69) is 12.1 Å². The number of fused-ring (bicyclic) bond motifs is 1. The standard InChI is InChI=1S/C33H32F3N3O3/c1-21(32(41)42)6-5-9-28-30(24-10-13-26(14-11-24)33(34,35)36)38-27-15-12-25(20-29(27)37-28)31(40)39-18-16-23(17-19-39)22-7-3-2-4-8-22/h2-4,7-8,10-15,20-21,23H,5-6,9,16-19H2,1H3,(H,41,42). The van der Waals surface area contributed by atoms with Crippen molar-refractivity contribution >= 4 is 22.9 Å². The first-order chi connectivity index (χ1) is 20.1. The van der Waals surface area contributed by atoms with Crippen molar-refractivity contribution in [3.8, 4) is 11.3 Å². The average Bonchev–Trinajstić information content (AvgIpc) is 3.00. The molecule has 0 saturated carbocycles. The molecular weight excluding hydrogens is 543 g/mol. The number of halogens is 3. The van der Waals surface area contributed by atoms with Crippen molar-refractivity contribution in [3.05, 3.63) is 95.2 Å². The number of carboxylic acid groups (broad SMARTS) is 1. The molecule has 1 saturated heterocycles. The maximum Gasteiger partial charge on any atom is 0.416 e. The van der Waals surface area contributed by atoms with Crippen LogP contribution in [0.5, 0.6) is 0 Å². The summed E-state index contributed by atoms with van der Waals surface area (Å²) in [6.45, 7) is 2.94. The van der Waals surface area contributed by atoms with E-state index in [9.17, 15) is 27.9 Å². The number of rotatable bonds is 8. The highest BCUT2D eigenvalue weighted by Crippen LogP contribution is 2.33. The predicted molar refractivity (Wildman–Crippen MR) is 154 cm³/mol. The van der Waals surface area contributed by atoms with Crippen molar-refractivity contribution in [2.75, 3.05) is 13.1 Å². The van der Waals surface area contributed by atoms with Gasteiger partial charge in [-0.3, -0.25) is 9.59 Å². The highest BCUT2D eigenvalue weighted by molar-refractivity contribution is 5.97. The van der Waals surface area contributed by atoms with Crippen molar-refractivity contribution in [1.29, 1.82) is 0 Å². The molecule has 2 heterocycles. The van der Waals surface area contributed by atoms with E-state index >= 15 is 0 Å². The van der Waals surface area contributed by atoms with Crippen LogP contribution in [0.2, 0.25) is 0 Å². The van der Waals surface area contributed by atoms with E-state index < -0.39 is 23.6 Å². The molecule has 9 heteroatoms. The lowest BCUT2D eigenvalue weighted by atomic mass is 9.89. The van der Waals surface area contributed by atoms with Gasteiger partial charge in [0.1, 0.15) is 0 Å². The summed E-state index contributed by atoms with van der Waals surface area (Å²) in [4.78, 5) is 36.1. The summed E-state index contributed by atoms with van der Waals surface area (Å²) >= 11 is 0. The zero-order valence-electron chi connectivity index (χ0n) is 23.3. The molecule has 1 amide bonds. The minimum absolute atomic E-state index is 0.0751. The first-order valence-electron chi connectivity index (χ1n) is 14.2. The molecular formula is C33H32F3N3O3. The molecule has 1 unspecified atom stereocenters. The van der Waals surface area contributed by atoms with Gasteiger partial charge in [0.2, 0.25) is 0 Å². The van der Waals surface area contributed by atoms with Gasteiger partial charge in [-0.2, -0.15) is 13.2 Å². The normalized spacial score (nSPS) is 15.1. The van der Waals surface area contributed by atoms with Gasteiger partial charge < -0.3 is 10.0 Å². The Morgan fingerprint density at radius 1 is 0.952 bits per heavy atom. The number of hydrogen-bond acceptors (Lipinski definition) is 4. The summed E-state index contributed by atoms with van der Waals surface area (Å²) in [6.07, 6.45) is -1.36. The van der Waals surface area contributed by atoms with Gasteiger partial charge in [0.25, 0.3) is 5.91 Å². The summed E-state index contributed by atoms with van der Waals surface area (Å²) in [5, 5.41) is 9.25. The second-order valence-electron chi connectivity index (χ2n) is 10.9. The number of aromatic nitrogens is 2. The van der Waals surface area contributed by atoms with Crippen LogP contribution in [0.1, 0.15) is 65.7 Å². The molecule has 218 valence electrons. The van der Waals surface area contributed by atoms with E-state index in [-0.39, 0.29) is 5.91 Å². The molecule has 4 aromatic rings. The highest BCUT2D eigenvalue weighted by atomic mass is 19.4. The van der Waals surface area contributed by atoms with E-state index in [1.807, 2.05) is 23.1 Å². The van der Waals surface area contributed by atoms with Crippen LogP contribution in [0.3, 0.4) is 0 Å². The van der Waals surface area contributed by atoms with Gasteiger partial charge in [-0.15, -0.1) is 0 Å². The van der Waals surface area contributed by atoms with Crippen molar-refractivity contribution < 1.29 is 27.9 Å². The summed E-state index contributed by atoms with van der Waals surface area (Å²) < 4.78 is 39.4. The third-order valence-corrected chi connectivity index (χ3v) is 7.99. The molecule has 1 aromatic heterocycles. The van der Waals surface area contributed by atoms with Gasteiger partial charge in [-0.05, 0) is 73.9 Å². The van der Waals surface area contributed by atoms with Crippen molar-refractivity contribution in [1.82, 2.24) is 14.9 Å². The fourth-order valence-electron chi connectivity index (χ4n) is 5.47. The molecule has 1 fully saturated rings. The van der Waals surface area contributed by atoms with Crippen LogP contribution in [0.4, 0.5) is 13.2 Å². The average molecular weight is 576 g/mol. The lowest BCUT2D eigenvalue weighted by Gasteiger charge is -2.32. The second-order valence-corrected chi connectivity index (χ2v) is 10.9. The van der Waals surface area contributed by atoms with Crippen LogP contribution in [0, 0.1) is 5.92 Å². The lowest BCUT2D eigenvalue weighted by molar-refractivity contribution is -0.141. The minimum atomic E-state index is -4.46. The van der Waals surface area contributed by atoms with E-state index in [1.54, 1.807) is 25.1 Å². The Bertz CT molecular complexity index is 1570. The monoisotopic (exact) mass is 575 g/mol. The number of benzene rings is 3. The van der Waals surface area contributed by atoms with E-state index in [1.165, 1.54) is 17.7 Å². The molecule has 1 aliphatic rings. The number of carbonyl (C=O) groups is 2. The second kappa shape index (κ2) is 12.3. The maximum absolute atomic E-state index is 13.4. The van der Waals surface area contributed by atoms with Crippen molar-refractivity contribution in [3.63, 3.8) is 0 Å². The molecule has 1 aliphatic heterocycles. The maximum atomic E-state index is 13.4. The van der Waals surface area contributed by atoms with Gasteiger partial charge in [0.05, 0.1) is 33.9 Å². The Labute approximate surface area is 242 Å². The zero-order valence-corrected chi connectivity index (χ0v) is 23.3. The van der Waals surface area contributed by atoms with Crippen LogP contribution in [0.25, 0.3) is 22.3 Å². The largest absolute Gasteiger partial charge is 0.481 e. The molecule has 0 aliphatic carbocycles. The first-order valence-corrected chi connectivity index (χ1v) is 14.2. The van der Waals surface area contributed by atoms with Crippen molar-refractivity contribution in [2.45, 2.75) is 51.1 Å². The highest BCUT2D eigenvalue weighted by Gasteiger charge is 2.30. The minimum Gasteiger partial charge on any atom is -0.481 e.